The number of hydrogen-bond acceptors (Lipinski definition) is 26. The van der Waals surface area contributed by atoms with Gasteiger partial charge in [0, 0.05) is 105 Å². The van der Waals surface area contributed by atoms with Crippen molar-refractivity contribution in [2.45, 2.75) is 33.0 Å². The molecule has 0 aliphatic carbocycles. The SMILES string of the molecule is C1CNCCNCCNCCN1.O=C(CBr)NNC(=O)OCc1ccccc1.O=C(CN1CCN(CC(=O)NNC(=O)OCc2ccccc2)CCN(CC(=O)NNC(=O)OCc2ccccc2)CCN(CC(=O)NNC(=O)OCc2ccccc2)CC1)NNC(=O)OCc1ccccc1.O=CO[O-].[H-].[K+].[K+]. The molecule has 2 fully saturated rings. The van der Waals surface area contributed by atoms with Gasteiger partial charge in [0.2, 0.25) is 5.91 Å². The summed E-state index contributed by atoms with van der Waals surface area (Å²) < 4.78 is 25.6. The van der Waals surface area contributed by atoms with E-state index < -0.39 is 54.1 Å². The fourth-order valence-corrected chi connectivity index (χ4v) is 8.96. The second-order valence-electron chi connectivity index (χ2n) is 22.1. The van der Waals surface area contributed by atoms with E-state index in [9.17, 15) is 47.9 Å². The van der Waals surface area contributed by atoms with Crippen LogP contribution in [0, 0.1) is 0 Å². The molecule has 2 heterocycles. The van der Waals surface area contributed by atoms with Crippen molar-refractivity contribution < 1.29 is 191 Å². The quantitative estimate of drug-likeness (QED) is 0.00860. The van der Waals surface area contributed by atoms with Crippen molar-refractivity contribution in [2.24, 2.45) is 0 Å². The number of rotatable bonds is 20. The van der Waals surface area contributed by atoms with Gasteiger partial charge in [-0.05, 0) is 27.8 Å². The standard InChI is InChI=1S/C48H60N12O12.C10H11BrN2O3.C8H20N4.CH2O3.2K.H/c61-41(49-53-45(65)69-33-37-13-5-1-6-14-37)29-57-21-23-58(30-42(62)50-54-46(66)70-34-38-15-7-2-8-16-38)25-27-60(32-44(64)52-56-48(68)72-36-40-19-11-4-12-20-40)28-26-59(24-22-57)31-43(63)51-55-47(67)71-35-39-17-9-3-10-18-39;11-6-9(14)12-13-10(15)16-7-8-4-2-1-3-5-8;1-2-10-5-6-12-8-7-11-4-3-9-1;2-1-4-3;;;/h1-20H,21-36H2,(H,49,61)(H,50,62)(H,51,63)(H,52,64)(H,53,65)(H,54,66)(H,55,67)(H,56,68);1-5H,6-7H2,(H,12,14)(H,13,15);9-12H,1-8H2;1,3H;;;/q;;;;2*+1;-1/p-1. The predicted octanol–water partition coefficient (Wildman–Crippen LogP) is -6.71. The number of halogens is 1. The predicted molar refractivity (Wildman–Crippen MR) is 379 cm³/mol. The van der Waals surface area contributed by atoms with Crippen LogP contribution in [-0.2, 0) is 90.4 Å². The summed E-state index contributed by atoms with van der Waals surface area (Å²) >= 11 is 2.94. The van der Waals surface area contributed by atoms with Crippen molar-refractivity contribution in [1.29, 1.82) is 0 Å². The van der Waals surface area contributed by atoms with Crippen molar-refractivity contribution in [3.63, 3.8) is 0 Å². The van der Waals surface area contributed by atoms with Crippen molar-refractivity contribution >= 4 is 82.4 Å². The molecule has 2 saturated heterocycles. The molecule has 2 aliphatic heterocycles. The molecule has 0 radical (unpaired) electrons. The summed E-state index contributed by atoms with van der Waals surface area (Å²) in [5.41, 5.74) is 26.5. The molecule has 5 aromatic rings. The van der Waals surface area contributed by atoms with Crippen LogP contribution in [0.1, 0.15) is 29.2 Å². The third-order valence-electron chi connectivity index (χ3n) is 14.1. The van der Waals surface area contributed by atoms with Gasteiger partial charge in [0.05, 0.1) is 31.5 Å². The Morgan fingerprint density at radius 1 is 0.330 bits per heavy atom. The van der Waals surface area contributed by atoms with Gasteiger partial charge in [-0.2, -0.15) is 0 Å². The largest absolute Gasteiger partial charge is 1.00 e. The number of hydrazine groups is 5. The second kappa shape index (κ2) is 61.6. The molecule has 14 N–H and O–H groups in total. The molecule has 7 rings (SSSR count). The van der Waals surface area contributed by atoms with E-state index in [1.54, 1.807) is 117 Å². The van der Waals surface area contributed by atoms with E-state index in [1.807, 2.05) is 54.6 Å². The Morgan fingerprint density at radius 3 is 0.660 bits per heavy atom. The smallest absolute Gasteiger partial charge is 1.00 e. The molecule has 0 atom stereocenters. The second-order valence-corrected chi connectivity index (χ2v) is 22.7. The average molecular weight is 1600 g/mol. The zero-order chi connectivity index (χ0) is 74.9. The number of amides is 10. The average Bonchev–Trinajstić information content (AvgIpc) is 0.892. The molecule has 0 aromatic heterocycles. The third kappa shape index (κ3) is 49.5. The molecule has 106 heavy (non-hydrogen) atoms. The number of ether oxygens (including phenoxy) is 5. The van der Waals surface area contributed by atoms with E-state index in [0.29, 0.717) is 0 Å². The topological polar surface area (TPSA) is 448 Å². The van der Waals surface area contributed by atoms with Crippen LogP contribution in [-0.4, -0.2) is 222 Å². The van der Waals surface area contributed by atoms with Crippen molar-refractivity contribution in [1.82, 2.24) is 95.1 Å². The van der Waals surface area contributed by atoms with Crippen LogP contribution in [0.25, 0.3) is 0 Å². The summed E-state index contributed by atoms with van der Waals surface area (Å²) in [6.45, 7) is 8.89. The van der Waals surface area contributed by atoms with Gasteiger partial charge in [0.1, 0.15) is 33.0 Å². The molecule has 568 valence electrons. The minimum absolute atomic E-state index is 0. The maximum absolute atomic E-state index is 13.3. The van der Waals surface area contributed by atoms with Crippen LogP contribution in [0.15, 0.2) is 152 Å². The number of carbonyl (C=O) groups is 11. The van der Waals surface area contributed by atoms with Crippen molar-refractivity contribution in [2.75, 3.05) is 136 Å². The summed E-state index contributed by atoms with van der Waals surface area (Å²) in [5, 5.41) is 22.0. The van der Waals surface area contributed by atoms with Gasteiger partial charge in [0.25, 0.3) is 30.1 Å². The molecule has 2 aliphatic rings. The summed E-state index contributed by atoms with van der Waals surface area (Å²) in [7, 11) is 0. The van der Waals surface area contributed by atoms with E-state index in [2.05, 4.69) is 96.3 Å². The fourth-order valence-electron chi connectivity index (χ4n) is 8.82. The fraction of sp³-hybridized carbons (Fsp3) is 0.388. The maximum atomic E-state index is 13.3. The summed E-state index contributed by atoms with van der Waals surface area (Å²) in [6, 6.07) is 45.1. The normalized spacial score (nSPS) is 13.7. The van der Waals surface area contributed by atoms with Crippen molar-refractivity contribution in [3.05, 3.63) is 179 Å². The first kappa shape index (κ1) is 94.7. The van der Waals surface area contributed by atoms with Gasteiger partial charge in [0.15, 0.2) is 0 Å². The molecule has 0 saturated carbocycles. The Hall–Kier alpha value is -7.34. The van der Waals surface area contributed by atoms with Gasteiger partial charge >= 0.3 is 133 Å². The molecule has 0 bridgehead atoms. The number of nitrogens with zero attached hydrogens (tertiary/aromatic N) is 4. The van der Waals surface area contributed by atoms with E-state index in [1.165, 1.54) is 0 Å². The van der Waals surface area contributed by atoms with Crippen LogP contribution < -0.4 is 184 Å². The third-order valence-corrected chi connectivity index (χ3v) is 14.6. The molecular formula is C67H93BrK2N18O18. The van der Waals surface area contributed by atoms with Crippen LogP contribution in [0.2, 0.25) is 0 Å². The van der Waals surface area contributed by atoms with Gasteiger partial charge < -0.3 is 56.5 Å². The van der Waals surface area contributed by atoms with Crippen molar-refractivity contribution in [3.8, 4) is 0 Å². The molecule has 36 nitrogen and oxygen atoms in total. The Bertz CT molecular complexity index is 2920. The molecule has 39 heteroatoms. The summed E-state index contributed by atoms with van der Waals surface area (Å²) in [6.07, 6.45) is -4.24. The van der Waals surface area contributed by atoms with Gasteiger partial charge in [-0.1, -0.05) is 168 Å². The minimum atomic E-state index is -0.887. The molecule has 0 unspecified atom stereocenters. The van der Waals surface area contributed by atoms with Gasteiger partial charge in [-0.25, -0.2) is 51.1 Å². The van der Waals surface area contributed by atoms with E-state index >= 15 is 0 Å². The van der Waals surface area contributed by atoms with Crippen LogP contribution in [0.5, 0.6) is 0 Å². The Balaban J connectivity index is 0.00000134. The zero-order valence-electron chi connectivity index (χ0n) is 60.4. The summed E-state index contributed by atoms with van der Waals surface area (Å²) in [4.78, 5) is 143. The molecular weight excluding hydrogens is 1500 g/mol. The van der Waals surface area contributed by atoms with E-state index in [0.717, 1.165) is 80.2 Å². The first-order chi connectivity index (χ1) is 50.6. The van der Waals surface area contributed by atoms with Crippen LogP contribution in [0.4, 0.5) is 24.0 Å². The van der Waals surface area contributed by atoms with Gasteiger partial charge in [-0.3, -0.25) is 75.5 Å². The number of nitrogens with one attached hydrogen (secondary N) is 14. The first-order valence-corrected chi connectivity index (χ1v) is 34.0. The Labute approximate surface area is 709 Å². The first-order valence-electron chi connectivity index (χ1n) is 32.9. The van der Waals surface area contributed by atoms with E-state index in [-0.39, 0.29) is 233 Å². The Morgan fingerprint density at radius 2 is 0.500 bits per heavy atom. The van der Waals surface area contributed by atoms with Crippen LogP contribution in [0.3, 0.4) is 0 Å². The zero-order valence-corrected chi connectivity index (χ0v) is 67.2. The number of benzene rings is 5. The maximum Gasteiger partial charge on any atom is 1.00 e. The molecule has 0 spiro atoms. The monoisotopic (exact) mass is 1590 g/mol. The van der Waals surface area contributed by atoms with E-state index in [4.69, 9.17) is 33.7 Å². The minimum Gasteiger partial charge on any atom is -1.00 e. The molecule has 5 aromatic carbocycles. The number of hydrogen-bond donors (Lipinski definition) is 14. The van der Waals surface area contributed by atoms with Gasteiger partial charge in [-0.15, -0.1) is 0 Å². The number of carbonyl (C=O) groups excluding carboxylic acids is 11. The molecule has 10 amide bonds. The number of alkyl halides is 1. The van der Waals surface area contributed by atoms with Crippen LogP contribution >= 0.6 is 15.9 Å². The summed E-state index contributed by atoms with van der Waals surface area (Å²) in [5.74, 6) is -2.74. The Kier molecular flexibility index (Phi) is 55.1.